The van der Waals surface area contributed by atoms with E-state index in [0.717, 1.165) is 0 Å². The fourth-order valence-corrected chi connectivity index (χ4v) is 2.13. The van der Waals surface area contributed by atoms with E-state index < -0.39 is 11.7 Å². The van der Waals surface area contributed by atoms with Crippen molar-refractivity contribution in [3.63, 3.8) is 0 Å². The van der Waals surface area contributed by atoms with E-state index >= 15 is 0 Å². The number of halogens is 1. The standard InChI is InChI=1S/C18H16FN3O4/c1-24-14-6-2-4-12(8-14)18-22-21-17(26-18)10-20-16(23)11-25-15-7-3-5-13(19)9-15/h2-9H,10-11H2,1H3,(H,20,23). The van der Waals surface area contributed by atoms with Crippen LogP contribution in [0.5, 0.6) is 11.5 Å². The molecule has 7 nitrogen and oxygen atoms in total. The molecule has 0 spiro atoms. The van der Waals surface area contributed by atoms with Crippen LogP contribution in [0.3, 0.4) is 0 Å². The van der Waals surface area contributed by atoms with E-state index in [4.69, 9.17) is 13.9 Å². The van der Waals surface area contributed by atoms with Gasteiger partial charge in [-0.3, -0.25) is 4.79 Å². The number of ether oxygens (including phenoxy) is 2. The lowest BCUT2D eigenvalue weighted by atomic mass is 10.2. The van der Waals surface area contributed by atoms with Crippen LogP contribution >= 0.6 is 0 Å². The lowest BCUT2D eigenvalue weighted by Crippen LogP contribution is -2.28. The minimum absolute atomic E-state index is 0.0578. The molecular formula is C18H16FN3O4. The Bertz CT molecular complexity index is 897. The van der Waals surface area contributed by atoms with Crippen LogP contribution in [-0.2, 0) is 11.3 Å². The maximum absolute atomic E-state index is 13.0. The zero-order valence-corrected chi connectivity index (χ0v) is 13.9. The van der Waals surface area contributed by atoms with Gasteiger partial charge in [-0.2, -0.15) is 0 Å². The summed E-state index contributed by atoms with van der Waals surface area (Å²) in [5.41, 5.74) is 0.712. The number of benzene rings is 2. The van der Waals surface area contributed by atoms with Gasteiger partial charge in [-0.15, -0.1) is 10.2 Å². The number of hydrogen-bond donors (Lipinski definition) is 1. The van der Waals surface area contributed by atoms with Gasteiger partial charge in [0, 0.05) is 11.6 Å². The topological polar surface area (TPSA) is 86.5 Å². The lowest BCUT2D eigenvalue weighted by molar-refractivity contribution is -0.123. The zero-order chi connectivity index (χ0) is 18.4. The number of amides is 1. The van der Waals surface area contributed by atoms with E-state index in [2.05, 4.69) is 15.5 Å². The number of carbonyl (C=O) groups is 1. The highest BCUT2D eigenvalue weighted by atomic mass is 19.1. The van der Waals surface area contributed by atoms with Crippen LogP contribution in [0.2, 0.25) is 0 Å². The Hall–Kier alpha value is -3.42. The van der Waals surface area contributed by atoms with Crippen molar-refractivity contribution in [2.24, 2.45) is 0 Å². The van der Waals surface area contributed by atoms with Crippen molar-refractivity contribution in [1.82, 2.24) is 15.5 Å². The van der Waals surface area contributed by atoms with E-state index in [9.17, 15) is 9.18 Å². The molecule has 0 atom stereocenters. The third-order valence-electron chi connectivity index (χ3n) is 3.39. The van der Waals surface area contributed by atoms with Gasteiger partial charge in [0.25, 0.3) is 5.91 Å². The van der Waals surface area contributed by atoms with Crippen molar-refractivity contribution in [1.29, 1.82) is 0 Å². The van der Waals surface area contributed by atoms with Gasteiger partial charge in [0.15, 0.2) is 6.61 Å². The third kappa shape index (κ3) is 4.56. The first-order chi connectivity index (χ1) is 12.6. The number of carbonyl (C=O) groups excluding carboxylic acids is 1. The molecule has 2 aromatic carbocycles. The molecule has 0 aliphatic carbocycles. The summed E-state index contributed by atoms with van der Waals surface area (Å²) in [6, 6.07) is 12.8. The number of aromatic nitrogens is 2. The number of rotatable bonds is 7. The second-order valence-electron chi connectivity index (χ2n) is 5.26. The van der Waals surface area contributed by atoms with Gasteiger partial charge in [0.05, 0.1) is 13.7 Å². The molecule has 26 heavy (non-hydrogen) atoms. The maximum Gasteiger partial charge on any atom is 0.258 e. The molecule has 0 aliphatic rings. The van der Waals surface area contributed by atoms with Crippen molar-refractivity contribution >= 4 is 5.91 Å². The highest BCUT2D eigenvalue weighted by Gasteiger charge is 2.11. The molecule has 0 radical (unpaired) electrons. The summed E-state index contributed by atoms with van der Waals surface area (Å²) in [6.45, 7) is -0.192. The molecule has 3 rings (SSSR count). The number of nitrogens with one attached hydrogen (secondary N) is 1. The molecule has 3 aromatic rings. The first-order valence-electron chi connectivity index (χ1n) is 7.76. The fourth-order valence-electron chi connectivity index (χ4n) is 2.13. The molecule has 0 fully saturated rings. The van der Waals surface area contributed by atoms with Crippen molar-refractivity contribution in [2.45, 2.75) is 6.54 Å². The zero-order valence-electron chi connectivity index (χ0n) is 13.9. The van der Waals surface area contributed by atoms with Gasteiger partial charge in [0.1, 0.15) is 17.3 Å². The number of hydrogen-bond acceptors (Lipinski definition) is 6. The number of nitrogens with zero attached hydrogens (tertiary/aromatic N) is 2. The van der Waals surface area contributed by atoms with Crippen LogP contribution in [0, 0.1) is 5.82 Å². The molecule has 0 bridgehead atoms. The average Bonchev–Trinajstić information content (AvgIpc) is 3.14. The van der Waals surface area contributed by atoms with Crippen LogP contribution in [0.15, 0.2) is 52.9 Å². The minimum Gasteiger partial charge on any atom is -0.497 e. The highest BCUT2D eigenvalue weighted by Crippen LogP contribution is 2.22. The second-order valence-corrected chi connectivity index (χ2v) is 5.26. The largest absolute Gasteiger partial charge is 0.497 e. The average molecular weight is 357 g/mol. The Morgan fingerprint density at radius 2 is 1.96 bits per heavy atom. The maximum atomic E-state index is 13.0. The smallest absolute Gasteiger partial charge is 0.258 e. The third-order valence-corrected chi connectivity index (χ3v) is 3.39. The Morgan fingerprint density at radius 1 is 1.15 bits per heavy atom. The molecule has 1 heterocycles. The van der Waals surface area contributed by atoms with Gasteiger partial charge >= 0.3 is 0 Å². The van der Waals surface area contributed by atoms with E-state index in [-0.39, 0.29) is 24.8 Å². The monoisotopic (exact) mass is 357 g/mol. The second kappa shape index (κ2) is 8.11. The molecule has 1 aromatic heterocycles. The lowest BCUT2D eigenvalue weighted by Gasteiger charge is -2.06. The summed E-state index contributed by atoms with van der Waals surface area (Å²) < 4.78 is 28.9. The fraction of sp³-hybridized carbons (Fsp3) is 0.167. The molecule has 134 valence electrons. The van der Waals surface area contributed by atoms with E-state index in [1.807, 2.05) is 12.1 Å². The van der Waals surface area contributed by atoms with Crippen molar-refractivity contribution in [3.8, 4) is 23.0 Å². The molecular weight excluding hydrogens is 341 g/mol. The summed E-state index contributed by atoms with van der Waals surface area (Å²) in [4.78, 5) is 11.8. The Labute approximate surface area is 148 Å². The van der Waals surface area contributed by atoms with E-state index in [1.54, 1.807) is 25.3 Å². The SMILES string of the molecule is COc1cccc(-c2nnc(CNC(=O)COc3cccc(F)c3)o2)c1. The normalized spacial score (nSPS) is 10.4. The van der Waals surface area contributed by atoms with Crippen LogP contribution in [0.4, 0.5) is 4.39 Å². The van der Waals surface area contributed by atoms with Crippen molar-refractivity contribution in [3.05, 3.63) is 60.2 Å². The van der Waals surface area contributed by atoms with Crippen molar-refractivity contribution in [2.75, 3.05) is 13.7 Å². The van der Waals surface area contributed by atoms with Crippen molar-refractivity contribution < 1.29 is 23.1 Å². The molecule has 1 N–H and O–H groups in total. The van der Waals surface area contributed by atoms with Gasteiger partial charge in [-0.05, 0) is 30.3 Å². The summed E-state index contributed by atoms with van der Waals surface area (Å²) in [7, 11) is 1.57. The molecule has 0 saturated heterocycles. The van der Waals surface area contributed by atoms with Crippen LogP contribution in [-0.4, -0.2) is 29.8 Å². The molecule has 0 saturated carbocycles. The molecule has 8 heteroatoms. The predicted molar refractivity (Wildman–Crippen MR) is 90.0 cm³/mol. The Kier molecular flexibility index (Phi) is 5.43. The predicted octanol–water partition coefficient (Wildman–Crippen LogP) is 2.58. The van der Waals surface area contributed by atoms with E-state index in [0.29, 0.717) is 17.2 Å². The highest BCUT2D eigenvalue weighted by molar-refractivity contribution is 5.77. The first-order valence-corrected chi connectivity index (χ1v) is 7.76. The van der Waals surface area contributed by atoms with E-state index in [1.165, 1.54) is 18.2 Å². The summed E-state index contributed by atoms with van der Waals surface area (Å²) >= 11 is 0. The van der Waals surface area contributed by atoms with Gasteiger partial charge in [0.2, 0.25) is 11.8 Å². The Balaban J connectivity index is 1.52. The van der Waals surface area contributed by atoms with Crippen LogP contribution < -0.4 is 14.8 Å². The number of methoxy groups -OCH3 is 1. The molecule has 0 aliphatic heterocycles. The molecule has 0 unspecified atom stereocenters. The minimum atomic E-state index is -0.432. The Morgan fingerprint density at radius 3 is 2.77 bits per heavy atom. The van der Waals surface area contributed by atoms with Gasteiger partial charge < -0.3 is 19.2 Å². The van der Waals surface area contributed by atoms with Gasteiger partial charge in [-0.25, -0.2) is 4.39 Å². The van der Waals surface area contributed by atoms with Crippen LogP contribution in [0.1, 0.15) is 5.89 Å². The molecule has 1 amide bonds. The summed E-state index contributed by atoms with van der Waals surface area (Å²) in [5.74, 6) is 0.698. The summed E-state index contributed by atoms with van der Waals surface area (Å²) in [6.07, 6.45) is 0. The quantitative estimate of drug-likeness (QED) is 0.699. The van der Waals surface area contributed by atoms with Gasteiger partial charge in [-0.1, -0.05) is 12.1 Å². The first kappa shape index (κ1) is 17.4. The summed E-state index contributed by atoms with van der Waals surface area (Å²) in [5, 5.41) is 10.4. The van der Waals surface area contributed by atoms with Crippen LogP contribution in [0.25, 0.3) is 11.5 Å².